The maximum Gasteiger partial charge on any atom is 0.226 e. The number of carbonyl (C=O) groups excluding carboxylic acids is 2. The summed E-state index contributed by atoms with van der Waals surface area (Å²) in [5.74, 6) is 0.194. The summed E-state index contributed by atoms with van der Waals surface area (Å²) >= 11 is 0. The second-order valence-electron chi connectivity index (χ2n) is 6.05. The van der Waals surface area contributed by atoms with Gasteiger partial charge in [0.05, 0.1) is 0 Å². The van der Waals surface area contributed by atoms with Crippen molar-refractivity contribution in [3.8, 4) is 0 Å². The molecule has 0 saturated carbocycles. The van der Waals surface area contributed by atoms with Crippen molar-refractivity contribution in [2.24, 2.45) is 5.73 Å². The number of carbonyl (C=O) groups is 2. The van der Waals surface area contributed by atoms with Gasteiger partial charge in [0.15, 0.2) is 0 Å². The highest BCUT2D eigenvalue weighted by Gasteiger charge is 2.19. The van der Waals surface area contributed by atoms with E-state index in [2.05, 4.69) is 5.32 Å². The van der Waals surface area contributed by atoms with Gasteiger partial charge >= 0.3 is 0 Å². The summed E-state index contributed by atoms with van der Waals surface area (Å²) in [6, 6.07) is 7.56. The van der Waals surface area contributed by atoms with Crippen LogP contribution in [0.1, 0.15) is 51.4 Å². The van der Waals surface area contributed by atoms with Crippen molar-refractivity contribution in [2.45, 2.75) is 51.4 Å². The molecule has 2 amide bonds. The minimum atomic E-state index is 0. The monoisotopic (exact) mass is 353 g/mol. The van der Waals surface area contributed by atoms with E-state index in [1.807, 2.05) is 29.2 Å². The first-order valence-electron chi connectivity index (χ1n) is 8.61. The van der Waals surface area contributed by atoms with E-state index < -0.39 is 0 Å². The van der Waals surface area contributed by atoms with Crippen LogP contribution in [0.5, 0.6) is 0 Å². The van der Waals surface area contributed by atoms with Crippen LogP contribution in [-0.4, -0.2) is 24.9 Å². The molecule has 0 unspecified atom stereocenters. The van der Waals surface area contributed by atoms with E-state index in [1.165, 1.54) is 0 Å². The Hall–Kier alpha value is -1.59. The molecule has 134 valence electrons. The molecule has 0 spiro atoms. The molecular weight excluding hydrogens is 326 g/mol. The molecule has 2 rings (SSSR count). The fraction of sp³-hybridized carbons (Fsp3) is 0.556. The fourth-order valence-electron chi connectivity index (χ4n) is 2.84. The molecule has 1 aliphatic heterocycles. The molecule has 1 aromatic carbocycles. The van der Waals surface area contributed by atoms with Crippen LogP contribution in [0.15, 0.2) is 24.3 Å². The standard InChI is InChI=1S/C18H27N3O2.ClH/c19-12-5-2-1-3-10-17(22)20-15-8-7-9-16(14-15)21-13-6-4-11-18(21)23;/h7-9,14H,1-6,10-13,19H2,(H,20,22);1H. The number of nitrogens with one attached hydrogen (secondary N) is 1. The predicted molar refractivity (Wildman–Crippen MR) is 101 cm³/mol. The summed E-state index contributed by atoms with van der Waals surface area (Å²) in [4.78, 5) is 25.8. The van der Waals surface area contributed by atoms with E-state index in [4.69, 9.17) is 5.73 Å². The zero-order valence-electron chi connectivity index (χ0n) is 14.1. The lowest BCUT2D eigenvalue weighted by Gasteiger charge is -2.27. The van der Waals surface area contributed by atoms with Gasteiger partial charge in [-0.1, -0.05) is 18.9 Å². The van der Waals surface area contributed by atoms with Crippen molar-refractivity contribution in [1.29, 1.82) is 0 Å². The molecule has 0 aromatic heterocycles. The van der Waals surface area contributed by atoms with Crippen LogP contribution in [0.25, 0.3) is 0 Å². The number of hydrogen-bond donors (Lipinski definition) is 2. The molecule has 1 heterocycles. The van der Waals surface area contributed by atoms with Crippen molar-refractivity contribution in [1.82, 2.24) is 0 Å². The molecule has 6 heteroatoms. The van der Waals surface area contributed by atoms with E-state index in [0.717, 1.165) is 56.4 Å². The highest BCUT2D eigenvalue weighted by molar-refractivity contribution is 5.96. The normalized spacial score (nSPS) is 14.2. The third-order valence-electron chi connectivity index (χ3n) is 4.12. The van der Waals surface area contributed by atoms with Gasteiger partial charge in [0.25, 0.3) is 0 Å². The van der Waals surface area contributed by atoms with Crippen LogP contribution < -0.4 is 16.0 Å². The van der Waals surface area contributed by atoms with E-state index in [0.29, 0.717) is 19.4 Å². The van der Waals surface area contributed by atoms with Crippen LogP contribution in [0.4, 0.5) is 11.4 Å². The number of nitrogens with zero attached hydrogens (tertiary/aromatic N) is 1. The molecule has 5 nitrogen and oxygen atoms in total. The van der Waals surface area contributed by atoms with Gasteiger partial charge in [-0.05, 0) is 50.4 Å². The lowest BCUT2D eigenvalue weighted by Crippen LogP contribution is -2.35. The van der Waals surface area contributed by atoms with Gasteiger partial charge in [-0.3, -0.25) is 9.59 Å². The predicted octanol–water partition coefficient (Wildman–Crippen LogP) is 3.47. The summed E-state index contributed by atoms with van der Waals surface area (Å²) in [7, 11) is 0. The van der Waals surface area contributed by atoms with Crippen LogP contribution in [0.3, 0.4) is 0 Å². The topological polar surface area (TPSA) is 75.4 Å². The maximum atomic E-state index is 12.0. The van der Waals surface area contributed by atoms with Crippen LogP contribution in [0, 0.1) is 0 Å². The number of amides is 2. The second-order valence-corrected chi connectivity index (χ2v) is 6.05. The van der Waals surface area contributed by atoms with Crippen LogP contribution >= 0.6 is 12.4 Å². The number of anilines is 2. The molecule has 0 radical (unpaired) electrons. The molecule has 1 aromatic rings. The van der Waals surface area contributed by atoms with Gasteiger partial charge in [-0.25, -0.2) is 0 Å². The Balaban J connectivity index is 0.00000288. The molecule has 1 aliphatic rings. The zero-order chi connectivity index (χ0) is 16.5. The summed E-state index contributed by atoms with van der Waals surface area (Å²) in [5.41, 5.74) is 7.08. The summed E-state index contributed by atoms with van der Waals surface area (Å²) < 4.78 is 0. The fourth-order valence-corrected chi connectivity index (χ4v) is 2.84. The van der Waals surface area contributed by atoms with Gasteiger partial charge in [0.2, 0.25) is 11.8 Å². The number of unbranched alkanes of at least 4 members (excludes halogenated alkanes) is 3. The molecule has 0 atom stereocenters. The van der Waals surface area contributed by atoms with Gasteiger partial charge < -0.3 is 16.0 Å². The first-order chi connectivity index (χ1) is 11.2. The van der Waals surface area contributed by atoms with Gasteiger partial charge in [0, 0.05) is 30.8 Å². The van der Waals surface area contributed by atoms with Gasteiger partial charge in [-0.2, -0.15) is 0 Å². The summed E-state index contributed by atoms with van der Waals surface area (Å²) in [6.07, 6.45) is 7.16. The Kier molecular flexibility index (Phi) is 9.42. The maximum absolute atomic E-state index is 12.0. The Labute approximate surface area is 150 Å². The molecule has 0 bridgehead atoms. The third kappa shape index (κ3) is 6.49. The average Bonchev–Trinajstić information content (AvgIpc) is 2.55. The summed E-state index contributed by atoms with van der Waals surface area (Å²) in [5, 5.41) is 2.93. The molecule has 24 heavy (non-hydrogen) atoms. The molecule has 0 aliphatic carbocycles. The smallest absolute Gasteiger partial charge is 0.226 e. The SMILES string of the molecule is Cl.NCCCCCCC(=O)Nc1cccc(N2CCCCC2=O)c1. The van der Waals surface area contributed by atoms with E-state index >= 15 is 0 Å². The largest absolute Gasteiger partial charge is 0.330 e. The lowest BCUT2D eigenvalue weighted by atomic mass is 10.1. The van der Waals surface area contributed by atoms with E-state index in [9.17, 15) is 9.59 Å². The van der Waals surface area contributed by atoms with Crippen molar-refractivity contribution in [2.75, 3.05) is 23.3 Å². The summed E-state index contributed by atoms with van der Waals surface area (Å²) in [6.45, 7) is 1.48. The number of piperidine rings is 1. The van der Waals surface area contributed by atoms with Gasteiger partial charge in [-0.15, -0.1) is 12.4 Å². The first-order valence-corrected chi connectivity index (χ1v) is 8.61. The van der Waals surface area contributed by atoms with E-state index in [1.54, 1.807) is 0 Å². The van der Waals surface area contributed by atoms with Crippen LogP contribution in [0.2, 0.25) is 0 Å². The number of nitrogens with two attached hydrogens (primary N) is 1. The van der Waals surface area contributed by atoms with Crippen molar-refractivity contribution in [3.05, 3.63) is 24.3 Å². The quantitative estimate of drug-likeness (QED) is 0.702. The Bertz CT molecular complexity index is 537. The Morgan fingerprint density at radius 3 is 2.71 bits per heavy atom. The molecule has 1 saturated heterocycles. The number of benzene rings is 1. The minimum Gasteiger partial charge on any atom is -0.330 e. The second kappa shape index (κ2) is 11.0. The van der Waals surface area contributed by atoms with Crippen molar-refractivity contribution >= 4 is 35.6 Å². The van der Waals surface area contributed by atoms with Crippen LogP contribution in [-0.2, 0) is 9.59 Å². The first kappa shape index (κ1) is 20.5. The zero-order valence-corrected chi connectivity index (χ0v) is 14.9. The average molecular weight is 354 g/mol. The van der Waals surface area contributed by atoms with Crippen molar-refractivity contribution in [3.63, 3.8) is 0 Å². The third-order valence-corrected chi connectivity index (χ3v) is 4.12. The Morgan fingerprint density at radius 2 is 1.96 bits per heavy atom. The highest BCUT2D eigenvalue weighted by Crippen LogP contribution is 2.24. The van der Waals surface area contributed by atoms with Gasteiger partial charge in [0.1, 0.15) is 0 Å². The molecule has 1 fully saturated rings. The Morgan fingerprint density at radius 1 is 1.17 bits per heavy atom. The highest BCUT2D eigenvalue weighted by atomic mass is 35.5. The number of hydrogen-bond acceptors (Lipinski definition) is 3. The number of halogens is 1. The minimum absolute atomic E-state index is 0. The molecule has 3 N–H and O–H groups in total. The molecular formula is C18H28ClN3O2. The number of rotatable bonds is 8. The van der Waals surface area contributed by atoms with E-state index in [-0.39, 0.29) is 24.2 Å². The van der Waals surface area contributed by atoms with Crippen molar-refractivity contribution < 1.29 is 9.59 Å². The lowest BCUT2D eigenvalue weighted by molar-refractivity contribution is -0.119.